The Morgan fingerprint density at radius 3 is 2.91 bits per heavy atom. The number of halogens is 1. The van der Waals surface area contributed by atoms with E-state index in [2.05, 4.69) is 9.97 Å². The van der Waals surface area contributed by atoms with Crippen molar-refractivity contribution in [3.63, 3.8) is 0 Å². The zero-order chi connectivity index (χ0) is 15.1. The molecule has 3 N–H and O–H groups in total. The van der Waals surface area contributed by atoms with Crippen LogP contribution in [0.4, 0.5) is 5.69 Å². The standard InChI is InChI=1S/C16H11ClN4S/c17-13-7-9(18)1-2-12(13)14-8-22-16(21-14)11-4-6-20-15-10(11)3-5-19-15/h1-8H,18H2,(H,19,20). The van der Waals surface area contributed by atoms with Crippen LogP contribution in [0.2, 0.25) is 5.02 Å². The van der Waals surface area contributed by atoms with Crippen LogP contribution in [-0.4, -0.2) is 15.0 Å². The van der Waals surface area contributed by atoms with E-state index in [0.717, 1.165) is 32.9 Å². The maximum atomic E-state index is 6.27. The molecule has 3 heterocycles. The Morgan fingerprint density at radius 2 is 2.05 bits per heavy atom. The van der Waals surface area contributed by atoms with Crippen molar-refractivity contribution in [1.82, 2.24) is 15.0 Å². The molecule has 0 aliphatic heterocycles. The first kappa shape index (κ1) is 13.3. The third-order valence-electron chi connectivity index (χ3n) is 3.46. The lowest BCUT2D eigenvalue weighted by atomic mass is 10.1. The molecule has 1 aromatic carbocycles. The van der Waals surface area contributed by atoms with E-state index < -0.39 is 0 Å². The van der Waals surface area contributed by atoms with E-state index in [9.17, 15) is 0 Å². The van der Waals surface area contributed by atoms with Crippen LogP contribution in [0.25, 0.3) is 32.9 Å². The number of hydrogen-bond donors (Lipinski definition) is 2. The van der Waals surface area contributed by atoms with Gasteiger partial charge in [-0.05, 0) is 30.3 Å². The maximum Gasteiger partial charge on any atom is 0.137 e. The van der Waals surface area contributed by atoms with Gasteiger partial charge in [0.15, 0.2) is 0 Å². The van der Waals surface area contributed by atoms with Gasteiger partial charge in [0.1, 0.15) is 10.7 Å². The SMILES string of the molecule is Nc1ccc(-c2csc(-c3ccnc4[nH]ccc34)n2)c(Cl)c1. The Labute approximate surface area is 135 Å². The van der Waals surface area contributed by atoms with Gasteiger partial charge in [-0.2, -0.15) is 0 Å². The van der Waals surface area contributed by atoms with Crippen LogP contribution in [0.5, 0.6) is 0 Å². The average molecular weight is 327 g/mol. The van der Waals surface area contributed by atoms with Crippen LogP contribution in [-0.2, 0) is 0 Å². The van der Waals surface area contributed by atoms with E-state index in [1.165, 1.54) is 0 Å². The highest BCUT2D eigenvalue weighted by molar-refractivity contribution is 7.13. The van der Waals surface area contributed by atoms with Gasteiger partial charge >= 0.3 is 0 Å². The Hall–Kier alpha value is -2.37. The van der Waals surface area contributed by atoms with Crippen molar-refractivity contribution in [3.05, 3.63) is 53.1 Å². The van der Waals surface area contributed by atoms with E-state index >= 15 is 0 Å². The fourth-order valence-electron chi connectivity index (χ4n) is 2.41. The number of nitrogens with two attached hydrogens (primary N) is 1. The van der Waals surface area contributed by atoms with Gasteiger partial charge in [-0.25, -0.2) is 9.97 Å². The number of fused-ring (bicyclic) bond motifs is 1. The van der Waals surface area contributed by atoms with Crippen molar-refractivity contribution >= 4 is 39.7 Å². The van der Waals surface area contributed by atoms with E-state index in [-0.39, 0.29) is 0 Å². The molecule has 0 unspecified atom stereocenters. The van der Waals surface area contributed by atoms with E-state index in [1.807, 2.05) is 35.8 Å². The summed E-state index contributed by atoms with van der Waals surface area (Å²) in [7, 11) is 0. The van der Waals surface area contributed by atoms with Gasteiger partial charge in [0.05, 0.1) is 10.7 Å². The van der Waals surface area contributed by atoms with Crippen molar-refractivity contribution in [1.29, 1.82) is 0 Å². The molecule has 6 heteroatoms. The highest BCUT2D eigenvalue weighted by Crippen LogP contribution is 2.35. The minimum absolute atomic E-state index is 0.610. The molecular formula is C16H11ClN4S. The minimum Gasteiger partial charge on any atom is -0.399 e. The molecule has 3 aromatic heterocycles. The number of aromatic amines is 1. The Bertz CT molecular complexity index is 973. The molecule has 0 saturated heterocycles. The van der Waals surface area contributed by atoms with Gasteiger partial charge in [-0.3, -0.25) is 0 Å². The smallest absolute Gasteiger partial charge is 0.137 e. The summed E-state index contributed by atoms with van der Waals surface area (Å²) in [5.74, 6) is 0. The summed E-state index contributed by atoms with van der Waals surface area (Å²) in [4.78, 5) is 12.1. The van der Waals surface area contributed by atoms with Crippen LogP contribution in [0, 0.1) is 0 Å². The lowest BCUT2D eigenvalue weighted by molar-refractivity contribution is 1.32. The van der Waals surface area contributed by atoms with Crippen LogP contribution in [0.3, 0.4) is 0 Å². The number of nitrogens with zero attached hydrogens (tertiary/aromatic N) is 2. The summed E-state index contributed by atoms with van der Waals surface area (Å²) >= 11 is 7.85. The van der Waals surface area contributed by atoms with Gasteiger partial charge in [-0.15, -0.1) is 11.3 Å². The van der Waals surface area contributed by atoms with Gasteiger partial charge in [-0.1, -0.05) is 11.6 Å². The van der Waals surface area contributed by atoms with Crippen molar-refractivity contribution in [2.45, 2.75) is 0 Å². The quantitative estimate of drug-likeness (QED) is 0.529. The number of nitrogen functional groups attached to an aromatic ring is 1. The highest BCUT2D eigenvalue weighted by Gasteiger charge is 2.12. The number of rotatable bonds is 2. The van der Waals surface area contributed by atoms with Crippen molar-refractivity contribution in [2.24, 2.45) is 0 Å². The van der Waals surface area contributed by atoms with Gasteiger partial charge in [0, 0.05) is 40.0 Å². The van der Waals surface area contributed by atoms with Crippen LogP contribution >= 0.6 is 22.9 Å². The predicted molar refractivity (Wildman–Crippen MR) is 92.1 cm³/mol. The molecule has 4 aromatic rings. The molecule has 0 aliphatic carbocycles. The lowest BCUT2D eigenvalue weighted by Gasteiger charge is -2.02. The molecule has 108 valence electrons. The second kappa shape index (κ2) is 5.12. The average Bonchev–Trinajstić information content (AvgIpc) is 3.15. The predicted octanol–water partition coefficient (Wildman–Crippen LogP) is 4.59. The third kappa shape index (κ3) is 2.15. The molecule has 22 heavy (non-hydrogen) atoms. The number of H-pyrrole nitrogens is 1. The second-order valence-electron chi connectivity index (χ2n) is 4.88. The minimum atomic E-state index is 0.610. The van der Waals surface area contributed by atoms with E-state index in [1.54, 1.807) is 23.6 Å². The summed E-state index contributed by atoms with van der Waals surface area (Å²) in [5, 5.41) is 4.62. The third-order valence-corrected chi connectivity index (χ3v) is 4.65. The molecule has 4 rings (SSSR count). The van der Waals surface area contributed by atoms with Crippen molar-refractivity contribution in [2.75, 3.05) is 5.73 Å². The number of hydrogen-bond acceptors (Lipinski definition) is 4. The largest absolute Gasteiger partial charge is 0.399 e. The fraction of sp³-hybridized carbons (Fsp3) is 0. The van der Waals surface area contributed by atoms with Gasteiger partial charge in [0.25, 0.3) is 0 Å². The molecule has 0 spiro atoms. The van der Waals surface area contributed by atoms with Gasteiger partial charge < -0.3 is 10.7 Å². The van der Waals surface area contributed by atoms with Crippen LogP contribution in [0.1, 0.15) is 0 Å². The van der Waals surface area contributed by atoms with Crippen molar-refractivity contribution in [3.8, 4) is 21.8 Å². The van der Waals surface area contributed by atoms with E-state index in [4.69, 9.17) is 22.3 Å². The summed E-state index contributed by atoms with van der Waals surface area (Å²) in [6.45, 7) is 0. The topological polar surface area (TPSA) is 67.6 Å². The zero-order valence-electron chi connectivity index (χ0n) is 11.4. The molecule has 0 atom stereocenters. The summed E-state index contributed by atoms with van der Waals surface area (Å²) in [5.41, 5.74) is 10.0. The summed E-state index contributed by atoms with van der Waals surface area (Å²) < 4.78 is 0. The maximum absolute atomic E-state index is 6.27. The molecule has 0 radical (unpaired) electrons. The molecule has 0 amide bonds. The Kier molecular flexibility index (Phi) is 3.10. The first-order valence-electron chi connectivity index (χ1n) is 6.66. The van der Waals surface area contributed by atoms with Crippen LogP contribution < -0.4 is 5.73 Å². The Balaban J connectivity index is 1.83. The fourth-order valence-corrected chi connectivity index (χ4v) is 3.55. The van der Waals surface area contributed by atoms with Gasteiger partial charge in [0.2, 0.25) is 0 Å². The van der Waals surface area contributed by atoms with Crippen molar-refractivity contribution < 1.29 is 0 Å². The first-order chi connectivity index (χ1) is 10.7. The molecule has 4 nitrogen and oxygen atoms in total. The molecule has 0 aliphatic rings. The Morgan fingerprint density at radius 1 is 1.14 bits per heavy atom. The first-order valence-corrected chi connectivity index (χ1v) is 7.91. The summed E-state index contributed by atoms with van der Waals surface area (Å²) in [6, 6.07) is 9.46. The number of anilines is 1. The number of pyridine rings is 1. The monoisotopic (exact) mass is 326 g/mol. The lowest BCUT2D eigenvalue weighted by Crippen LogP contribution is -1.86. The molecule has 0 saturated carbocycles. The number of aromatic nitrogens is 3. The van der Waals surface area contributed by atoms with E-state index in [0.29, 0.717) is 10.7 Å². The summed E-state index contributed by atoms with van der Waals surface area (Å²) in [6.07, 6.45) is 3.66. The van der Waals surface area contributed by atoms with Crippen LogP contribution in [0.15, 0.2) is 48.1 Å². The number of benzene rings is 1. The number of nitrogens with one attached hydrogen (secondary N) is 1. The number of thiazole rings is 1. The molecular weight excluding hydrogens is 316 g/mol. The molecule has 0 fully saturated rings. The normalized spacial score (nSPS) is 11.1. The second-order valence-corrected chi connectivity index (χ2v) is 6.14. The molecule has 0 bridgehead atoms. The highest BCUT2D eigenvalue weighted by atomic mass is 35.5. The zero-order valence-corrected chi connectivity index (χ0v) is 12.9.